The van der Waals surface area contributed by atoms with Crippen molar-refractivity contribution in [1.29, 1.82) is 0 Å². The second kappa shape index (κ2) is 4.37. The number of fused-ring (bicyclic) bond motifs is 1. The largest absolute Gasteiger partial charge is 0.507 e. The summed E-state index contributed by atoms with van der Waals surface area (Å²) >= 11 is 5.05. The van der Waals surface area contributed by atoms with E-state index < -0.39 is 0 Å². The summed E-state index contributed by atoms with van der Waals surface area (Å²) in [6.07, 6.45) is 0. The van der Waals surface area contributed by atoms with E-state index in [-0.39, 0.29) is 5.75 Å². The fourth-order valence-corrected chi connectivity index (χ4v) is 1.70. The molecule has 0 fully saturated rings. The van der Waals surface area contributed by atoms with E-state index in [0.29, 0.717) is 5.11 Å². The van der Waals surface area contributed by atoms with Gasteiger partial charge in [-0.05, 0) is 24.4 Å². The van der Waals surface area contributed by atoms with Crippen molar-refractivity contribution in [2.24, 2.45) is 0 Å². The molecule has 0 aliphatic carbocycles. The zero-order valence-electron chi connectivity index (χ0n) is 8.82. The standard InChI is InChI=1S/C12H12N2OS/c1-13-12(16)14-10-6-2-5-9-8(10)4-3-7-11(9)15/h2-7,15H,1H3,(H2,13,14,16). The first-order valence-corrected chi connectivity index (χ1v) is 5.32. The van der Waals surface area contributed by atoms with Gasteiger partial charge in [-0.15, -0.1) is 0 Å². The number of nitrogens with one attached hydrogen (secondary N) is 2. The quantitative estimate of drug-likeness (QED) is 0.661. The molecule has 2 rings (SSSR count). The van der Waals surface area contributed by atoms with Gasteiger partial charge in [-0.25, -0.2) is 0 Å². The molecule has 0 aliphatic heterocycles. The molecule has 0 saturated heterocycles. The molecule has 0 aromatic heterocycles. The molecule has 4 heteroatoms. The highest BCUT2D eigenvalue weighted by atomic mass is 32.1. The lowest BCUT2D eigenvalue weighted by Crippen LogP contribution is -2.24. The van der Waals surface area contributed by atoms with Crippen LogP contribution in [-0.4, -0.2) is 17.3 Å². The van der Waals surface area contributed by atoms with Gasteiger partial charge in [0, 0.05) is 23.5 Å². The van der Waals surface area contributed by atoms with E-state index in [1.54, 1.807) is 13.1 Å². The summed E-state index contributed by atoms with van der Waals surface area (Å²) in [5, 5.41) is 17.9. The predicted molar refractivity (Wildman–Crippen MR) is 70.9 cm³/mol. The van der Waals surface area contributed by atoms with Gasteiger partial charge in [-0.1, -0.05) is 24.3 Å². The van der Waals surface area contributed by atoms with Gasteiger partial charge < -0.3 is 15.7 Å². The molecule has 3 nitrogen and oxygen atoms in total. The maximum absolute atomic E-state index is 9.71. The second-order valence-corrected chi connectivity index (χ2v) is 3.79. The molecule has 0 spiro atoms. The first kappa shape index (κ1) is 10.7. The van der Waals surface area contributed by atoms with Crippen LogP contribution in [0.3, 0.4) is 0 Å². The molecule has 0 bridgehead atoms. The molecular formula is C12H12N2OS. The summed E-state index contributed by atoms with van der Waals surface area (Å²) in [6, 6.07) is 11.1. The predicted octanol–water partition coefficient (Wildman–Crippen LogP) is 2.46. The first-order chi connectivity index (χ1) is 7.72. The topological polar surface area (TPSA) is 44.3 Å². The molecule has 2 aromatic carbocycles. The van der Waals surface area contributed by atoms with Gasteiger partial charge in [0.25, 0.3) is 0 Å². The van der Waals surface area contributed by atoms with Crippen LogP contribution in [-0.2, 0) is 0 Å². The minimum absolute atomic E-state index is 0.275. The van der Waals surface area contributed by atoms with Crippen LogP contribution >= 0.6 is 12.2 Å². The van der Waals surface area contributed by atoms with Crippen LogP contribution < -0.4 is 10.6 Å². The summed E-state index contributed by atoms with van der Waals surface area (Å²) in [5.74, 6) is 0.275. The first-order valence-electron chi connectivity index (χ1n) is 4.92. The molecule has 16 heavy (non-hydrogen) atoms. The average molecular weight is 232 g/mol. The number of hydrogen-bond donors (Lipinski definition) is 3. The number of benzene rings is 2. The van der Waals surface area contributed by atoms with E-state index in [1.165, 1.54) is 0 Å². The molecule has 0 radical (unpaired) electrons. The van der Waals surface area contributed by atoms with E-state index in [9.17, 15) is 5.11 Å². The second-order valence-electron chi connectivity index (χ2n) is 3.38. The van der Waals surface area contributed by atoms with E-state index in [2.05, 4.69) is 10.6 Å². The smallest absolute Gasteiger partial charge is 0.170 e. The molecular weight excluding hydrogens is 220 g/mol. The Kier molecular flexibility index (Phi) is 2.92. The molecule has 0 heterocycles. The Morgan fingerprint density at radius 1 is 1.12 bits per heavy atom. The third-order valence-corrected chi connectivity index (χ3v) is 2.68. The highest BCUT2D eigenvalue weighted by molar-refractivity contribution is 7.80. The van der Waals surface area contributed by atoms with E-state index in [1.807, 2.05) is 30.3 Å². The summed E-state index contributed by atoms with van der Waals surface area (Å²) in [7, 11) is 1.76. The van der Waals surface area contributed by atoms with Crippen LogP contribution in [0.15, 0.2) is 36.4 Å². The Hall–Kier alpha value is -1.81. The Bertz CT molecular complexity index is 540. The highest BCUT2D eigenvalue weighted by Gasteiger charge is 2.04. The van der Waals surface area contributed by atoms with Gasteiger partial charge in [0.2, 0.25) is 0 Å². The van der Waals surface area contributed by atoms with E-state index in [4.69, 9.17) is 12.2 Å². The molecule has 0 saturated carbocycles. The molecule has 3 N–H and O–H groups in total. The van der Waals surface area contributed by atoms with Gasteiger partial charge >= 0.3 is 0 Å². The number of phenols is 1. The van der Waals surface area contributed by atoms with Crippen molar-refractivity contribution in [2.45, 2.75) is 0 Å². The summed E-state index contributed by atoms with van der Waals surface area (Å²) in [5.41, 5.74) is 0.882. The number of aromatic hydroxyl groups is 1. The van der Waals surface area contributed by atoms with Gasteiger partial charge in [0.15, 0.2) is 5.11 Å². The normalized spacial score (nSPS) is 10.1. The molecule has 2 aromatic rings. The highest BCUT2D eigenvalue weighted by Crippen LogP contribution is 2.29. The van der Waals surface area contributed by atoms with Crippen molar-refractivity contribution in [3.8, 4) is 5.75 Å². The number of thiocarbonyl (C=S) groups is 1. The van der Waals surface area contributed by atoms with Crippen LogP contribution in [0, 0.1) is 0 Å². The molecule has 0 atom stereocenters. The maximum Gasteiger partial charge on any atom is 0.170 e. The van der Waals surface area contributed by atoms with Crippen molar-refractivity contribution in [1.82, 2.24) is 5.32 Å². The lowest BCUT2D eigenvalue weighted by Gasteiger charge is -2.10. The van der Waals surface area contributed by atoms with Gasteiger partial charge in [-0.2, -0.15) is 0 Å². The van der Waals surface area contributed by atoms with Crippen LogP contribution in [0.2, 0.25) is 0 Å². The molecule has 0 amide bonds. The zero-order valence-corrected chi connectivity index (χ0v) is 9.64. The third kappa shape index (κ3) is 1.92. The molecule has 0 aliphatic rings. The lowest BCUT2D eigenvalue weighted by atomic mass is 10.1. The number of hydrogen-bond acceptors (Lipinski definition) is 2. The summed E-state index contributed by atoms with van der Waals surface area (Å²) < 4.78 is 0. The monoisotopic (exact) mass is 232 g/mol. The Labute approximate surface area is 99.1 Å². The van der Waals surface area contributed by atoms with Gasteiger partial charge in [0.05, 0.1) is 0 Å². The lowest BCUT2D eigenvalue weighted by molar-refractivity contribution is 0.481. The molecule has 82 valence electrons. The average Bonchev–Trinajstić information content (AvgIpc) is 2.30. The van der Waals surface area contributed by atoms with Gasteiger partial charge in [0.1, 0.15) is 5.75 Å². The fraction of sp³-hybridized carbons (Fsp3) is 0.0833. The maximum atomic E-state index is 9.71. The number of anilines is 1. The van der Waals surface area contributed by atoms with Crippen LogP contribution in [0.1, 0.15) is 0 Å². The van der Waals surface area contributed by atoms with Crippen molar-refractivity contribution in [3.63, 3.8) is 0 Å². The SMILES string of the molecule is CNC(=S)Nc1cccc2c(O)cccc12. The van der Waals surface area contributed by atoms with Crippen LogP contribution in [0.5, 0.6) is 5.75 Å². The van der Waals surface area contributed by atoms with Crippen molar-refractivity contribution >= 4 is 33.8 Å². The van der Waals surface area contributed by atoms with Gasteiger partial charge in [-0.3, -0.25) is 0 Å². The Morgan fingerprint density at radius 2 is 1.81 bits per heavy atom. The van der Waals surface area contributed by atoms with E-state index >= 15 is 0 Å². The fourth-order valence-electron chi connectivity index (χ4n) is 1.59. The molecule has 0 unspecified atom stereocenters. The number of phenolic OH excluding ortho intramolecular Hbond substituents is 1. The number of rotatable bonds is 1. The minimum Gasteiger partial charge on any atom is -0.507 e. The third-order valence-electron chi connectivity index (χ3n) is 2.37. The van der Waals surface area contributed by atoms with Crippen molar-refractivity contribution in [2.75, 3.05) is 12.4 Å². The zero-order chi connectivity index (χ0) is 11.5. The summed E-state index contributed by atoms with van der Waals surface area (Å²) in [6.45, 7) is 0. The summed E-state index contributed by atoms with van der Waals surface area (Å²) in [4.78, 5) is 0. The van der Waals surface area contributed by atoms with Crippen molar-refractivity contribution in [3.05, 3.63) is 36.4 Å². The van der Waals surface area contributed by atoms with E-state index in [0.717, 1.165) is 16.5 Å². The minimum atomic E-state index is 0.275. The van der Waals surface area contributed by atoms with Crippen molar-refractivity contribution < 1.29 is 5.11 Å². The Morgan fingerprint density at radius 3 is 2.56 bits per heavy atom. The van der Waals surface area contributed by atoms with Crippen LogP contribution in [0.25, 0.3) is 10.8 Å². The Balaban J connectivity index is 2.54. The van der Waals surface area contributed by atoms with Crippen LogP contribution in [0.4, 0.5) is 5.69 Å².